The van der Waals surface area contributed by atoms with Gasteiger partial charge in [0.15, 0.2) is 0 Å². The summed E-state index contributed by atoms with van der Waals surface area (Å²) in [4.78, 5) is 0. The summed E-state index contributed by atoms with van der Waals surface area (Å²) in [6.45, 7) is 9.49. The summed E-state index contributed by atoms with van der Waals surface area (Å²) < 4.78 is 0. The van der Waals surface area contributed by atoms with E-state index < -0.39 is 0 Å². The van der Waals surface area contributed by atoms with Crippen molar-refractivity contribution < 1.29 is 0 Å². The Balaban J connectivity index is 2.32. The number of rotatable bonds is 0. The summed E-state index contributed by atoms with van der Waals surface area (Å²) in [6, 6.07) is 0. The van der Waals surface area contributed by atoms with Crippen molar-refractivity contribution in [2.24, 2.45) is 11.3 Å². The van der Waals surface area contributed by atoms with Gasteiger partial charge in [0.2, 0.25) is 0 Å². The van der Waals surface area contributed by atoms with Crippen molar-refractivity contribution in [2.75, 3.05) is 0 Å². The summed E-state index contributed by atoms with van der Waals surface area (Å²) in [5.41, 5.74) is 5.53. The van der Waals surface area contributed by atoms with Crippen LogP contribution in [0.5, 0.6) is 0 Å². The van der Waals surface area contributed by atoms with Crippen molar-refractivity contribution in [3.8, 4) is 0 Å². The summed E-state index contributed by atoms with van der Waals surface area (Å²) in [6.07, 6.45) is 9.19. The predicted molar refractivity (Wildman–Crippen MR) is 66.8 cm³/mol. The van der Waals surface area contributed by atoms with Gasteiger partial charge >= 0.3 is 0 Å². The fraction of sp³-hybridized carbons (Fsp3) is 0.733. The van der Waals surface area contributed by atoms with Crippen molar-refractivity contribution in [2.45, 2.75) is 59.8 Å². The summed E-state index contributed by atoms with van der Waals surface area (Å²) >= 11 is 0. The van der Waals surface area contributed by atoms with Crippen LogP contribution in [0.3, 0.4) is 0 Å². The van der Waals surface area contributed by atoms with Crippen molar-refractivity contribution in [3.63, 3.8) is 0 Å². The lowest BCUT2D eigenvalue weighted by atomic mass is 9.59. The molecular weight excluding hydrogens is 180 g/mol. The molecule has 0 amide bonds. The zero-order valence-corrected chi connectivity index (χ0v) is 10.7. The van der Waals surface area contributed by atoms with Gasteiger partial charge < -0.3 is 0 Å². The van der Waals surface area contributed by atoms with Gasteiger partial charge in [-0.15, -0.1) is 0 Å². The van der Waals surface area contributed by atoms with Crippen LogP contribution in [0.4, 0.5) is 0 Å². The molecule has 0 aliphatic heterocycles. The topological polar surface area (TPSA) is 0 Å². The largest absolute Gasteiger partial charge is 0.0847 e. The quantitative estimate of drug-likeness (QED) is 0.494. The van der Waals surface area contributed by atoms with E-state index in [0.29, 0.717) is 5.41 Å². The second-order valence-electron chi connectivity index (χ2n) is 5.91. The second-order valence-corrected chi connectivity index (χ2v) is 5.91. The molecule has 0 bridgehead atoms. The average Bonchev–Trinajstić information content (AvgIpc) is 2.19. The SMILES string of the molecule is CC(C)=C1CCC2=CCC[C@H](C)[C@]2(C)C1. The van der Waals surface area contributed by atoms with Gasteiger partial charge in [-0.3, -0.25) is 0 Å². The highest BCUT2D eigenvalue weighted by atomic mass is 14.4. The van der Waals surface area contributed by atoms with E-state index in [1.165, 1.54) is 32.1 Å². The van der Waals surface area contributed by atoms with Crippen molar-refractivity contribution >= 4 is 0 Å². The van der Waals surface area contributed by atoms with Crippen LogP contribution in [0.25, 0.3) is 0 Å². The van der Waals surface area contributed by atoms with Crippen molar-refractivity contribution in [1.29, 1.82) is 0 Å². The Morgan fingerprint density at radius 2 is 2.07 bits per heavy atom. The average molecular weight is 204 g/mol. The Hall–Kier alpha value is -0.520. The van der Waals surface area contributed by atoms with Crippen molar-refractivity contribution in [3.05, 3.63) is 22.8 Å². The molecule has 0 aromatic carbocycles. The first kappa shape index (κ1) is 11.0. The molecule has 1 fully saturated rings. The first-order valence-electron chi connectivity index (χ1n) is 6.39. The molecule has 0 aromatic heterocycles. The molecule has 2 aliphatic carbocycles. The monoisotopic (exact) mass is 204 g/mol. The summed E-state index contributed by atoms with van der Waals surface area (Å²) in [7, 11) is 0. The Labute approximate surface area is 94.5 Å². The van der Waals surface area contributed by atoms with Gasteiger partial charge in [-0.05, 0) is 57.3 Å². The van der Waals surface area contributed by atoms with E-state index >= 15 is 0 Å². The van der Waals surface area contributed by atoms with Crippen LogP contribution >= 0.6 is 0 Å². The van der Waals surface area contributed by atoms with Gasteiger partial charge in [0.25, 0.3) is 0 Å². The molecule has 2 atom stereocenters. The van der Waals surface area contributed by atoms with Gasteiger partial charge in [-0.25, -0.2) is 0 Å². The number of hydrogen-bond acceptors (Lipinski definition) is 0. The minimum Gasteiger partial charge on any atom is -0.0847 e. The predicted octanol–water partition coefficient (Wildman–Crippen LogP) is 4.87. The number of allylic oxidation sites excluding steroid dienone is 4. The molecule has 84 valence electrons. The van der Waals surface area contributed by atoms with Gasteiger partial charge in [0, 0.05) is 0 Å². The maximum atomic E-state index is 2.53. The van der Waals surface area contributed by atoms with E-state index in [-0.39, 0.29) is 0 Å². The molecule has 1 saturated carbocycles. The third-order valence-corrected chi connectivity index (χ3v) is 4.80. The maximum Gasteiger partial charge on any atom is -0.00534 e. The van der Waals surface area contributed by atoms with E-state index in [9.17, 15) is 0 Å². The molecular formula is C15H24. The maximum absolute atomic E-state index is 2.53. The van der Waals surface area contributed by atoms with Crippen LogP contribution in [0, 0.1) is 11.3 Å². The third-order valence-electron chi connectivity index (χ3n) is 4.80. The molecule has 0 nitrogen and oxygen atoms in total. The molecule has 2 rings (SSSR count). The fourth-order valence-corrected chi connectivity index (χ4v) is 3.30. The Morgan fingerprint density at radius 3 is 2.73 bits per heavy atom. The molecule has 0 spiro atoms. The molecule has 2 aliphatic rings. The third kappa shape index (κ3) is 1.79. The lowest BCUT2D eigenvalue weighted by molar-refractivity contribution is 0.204. The minimum absolute atomic E-state index is 0.489. The standard InChI is InChI=1S/C15H24/c1-11(2)13-8-9-14-7-5-6-12(3)15(14,4)10-13/h7,12H,5-6,8-10H2,1-4H3/t12-,15-/m0/s1. The van der Waals surface area contributed by atoms with Crippen LogP contribution in [-0.4, -0.2) is 0 Å². The molecule has 0 N–H and O–H groups in total. The lowest BCUT2D eigenvalue weighted by Crippen LogP contribution is -2.34. The smallest absolute Gasteiger partial charge is 0.00534 e. The molecule has 0 saturated heterocycles. The van der Waals surface area contributed by atoms with Crippen LogP contribution < -0.4 is 0 Å². The highest BCUT2D eigenvalue weighted by Crippen LogP contribution is 2.52. The van der Waals surface area contributed by atoms with Gasteiger partial charge in [0.05, 0.1) is 0 Å². The fourth-order valence-electron chi connectivity index (χ4n) is 3.30. The highest BCUT2D eigenvalue weighted by Gasteiger charge is 2.39. The second kappa shape index (κ2) is 3.81. The van der Waals surface area contributed by atoms with E-state index in [1.807, 2.05) is 0 Å². The Morgan fingerprint density at radius 1 is 1.33 bits per heavy atom. The van der Waals surface area contributed by atoms with Crippen LogP contribution in [0.2, 0.25) is 0 Å². The molecule has 0 heteroatoms. The molecule has 0 radical (unpaired) electrons. The Kier molecular flexibility index (Phi) is 2.79. The van der Waals surface area contributed by atoms with Gasteiger partial charge in [-0.1, -0.05) is 36.6 Å². The molecule has 0 aromatic rings. The lowest BCUT2D eigenvalue weighted by Gasteiger charge is -2.45. The summed E-state index contributed by atoms with van der Waals surface area (Å²) in [5.74, 6) is 0.868. The molecule has 0 heterocycles. The van der Waals surface area contributed by atoms with Crippen LogP contribution in [0.1, 0.15) is 59.8 Å². The van der Waals surface area contributed by atoms with E-state index in [4.69, 9.17) is 0 Å². The van der Waals surface area contributed by atoms with Gasteiger partial charge in [-0.2, -0.15) is 0 Å². The van der Waals surface area contributed by atoms with Crippen LogP contribution in [0.15, 0.2) is 22.8 Å². The first-order valence-corrected chi connectivity index (χ1v) is 6.39. The zero-order valence-electron chi connectivity index (χ0n) is 10.7. The minimum atomic E-state index is 0.489. The van der Waals surface area contributed by atoms with Gasteiger partial charge in [0.1, 0.15) is 0 Å². The number of hydrogen-bond donors (Lipinski definition) is 0. The zero-order chi connectivity index (χ0) is 11.1. The first-order chi connectivity index (χ1) is 7.04. The van der Waals surface area contributed by atoms with E-state index in [1.54, 1.807) is 16.7 Å². The number of fused-ring (bicyclic) bond motifs is 1. The molecule has 0 unspecified atom stereocenters. The Bertz CT molecular complexity index is 315. The molecule has 15 heavy (non-hydrogen) atoms. The van der Waals surface area contributed by atoms with E-state index in [0.717, 1.165) is 5.92 Å². The summed E-state index contributed by atoms with van der Waals surface area (Å²) in [5, 5.41) is 0. The van der Waals surface area contributed by atoms with E-state index in [2.05, 4.69) is 33.8 Å². The van der Waals surface area contributed by atoms with Crippen LogP contribution in [-0.2, 0) is 0 Å². The highest BCUT2D eigenvalue weighted by molar-refractivity contribution is 5.29. The van der Waals surface area contributed by atoms with Crippen molar-refractivity contribution in [1.82, 2.24) is 0 Å². The normalized spacial score (nSPS) is 35.9.